The molecule has 0 unspecified atom stereocenters. The number of aldehydes is 1. The predicted octanol–water partition coefficient (Wildman–Crippen LogP) is 2.04. The molecule has 1 aliphatic carbocycles. The van der Waals surface area contributed by atoms with Crippen molar-refractivity contribution in [2.24, 2.45) is 5.92 Å². The van der Waals surface area contributed by atoms with E-state index in [1.54, 1.807) is 0 Å². The van der Waals surface area contributed by atoms with E-state index in [-0.39, 0.29) is 0 Å². The number of nitrogens with zero attached hydrogens (tertiary/aromatic N) is 4. The van der Waals surface area contributed by atoms with Crippen LogP contribution in [-0.4, -0.2) is 31.5 Å². The standard InChI is InChI=1S/C14H13N5O/c20-8-11-7-19(6-9-1-2-9)13-4-3-10(5-12(11)13)14-15-17-18-16-14/h3-5,7-9H,1-2,6H2,(H,15,16,17,18). The van der Waals surface area contributed by atoms with Gasteiger partial charge in [-0.3, -0.25) is 4.79 Å². The molecule has 0 amide bonds. The first kappa shape index (κ1) is 11.3. The molecule has 6 nitrogen and oxygen atoms in total. The Labute approximate surface area is 114 Å². The minimum absolute atomic E-state index is 0.540. The Morgan fingerprint density at radius 3 is 3.00 bits per heavy atom. The summed E-state index contributed by atoms with van der Waals surface area (Å²) < 4.78 is 2.18. The third-order valence-electron chi connectivity index (χ3n) is 3.79. The second-order valence-corrected chi connectivity index (χ2v) is 5.27. The van der Waals surface area contributed by atoms with Crippen LogP contribution in [0.5, 0.6) is 0 Å². The molecule has 6 heteroatoms. The number of carbonyl (C=O) groups excluding carboxylic acids is 1. The monoisotopic (exact) mass is 267 g/mol. The average Bonchev–Trinajstić information content (AvgIpc) is 3.01. The van der Waals surface area contributed by atoms with Crippen molar-refractivity contribution in [2.75, 3.05) is 0 Å². The summed E-state index contributed by atoms with van der Waals surface area (Å²) in [5.41, 5.74) is 2.66. The lowest BCUT2D eigenvalue weighted by Crippen LogP contribution is -1.97. The molecule has 0 radical (unpaired) electrons. The maximum Gasteiger partial charge on any atom is 0.204 e. The van der Waals surface area contributed by atoms with Crippen LogP contribution in [0, 0.1) is 5.92 Å². The normalized spacial score (nSPS) is 14.8. The van der Waals surface area contributed by atoms with Gasteiger partial charge in [0.25, 0.3) is 0 Å². The van der Waals surface area contributed by atoms with Gasteiger partial charge in [-0.1, -0.05) is 0 Å². The number of hydrogen-bond acceptors (Lipinski definition) is 4. The van der Waals surface area contributed by atoms with Crippen molar-refractivity contribution >= 4 is 17.2 Å². The molecule has 1 N–H and O–H groups in total. The quantitative estimate of drug-likeness (QED) is 0.734. The van der Waals surface area contributed by atoms with Crippen molar-refractivity contribution in [3.05, 3.63) is 30.0 Å². The van der Waals surface area contributed by atoms with Crippen molar-refractivity contribution in [3.63, 3.8) is 0 Å². The first-order valence-electron chi connectivity index (χ1n) is 6.67. The summed E-state index contributed by atoms with van der Waals surface area (Å²) in [5.74, 6) is 1.31. The molecular formula is C14H13N5O. The van der Waals surface area contributed by atoms with Gasteiger partial charge in [0.2, 0.25) is 5.82 Å². The number of aromatic nitrogens is 5. The second-order valence-electron chi connectivity index (χ2n) is 5.27. The highest BCUT2D eigenvalue weighted by Gasteiger charge is 2.23. The van der Waals surface area contributed by atoms with Crippen LogP contribution in [0.3, 0.4) is 0 Å². The Balaban J connectivity index is 1.86. The number of fused-ring (bicyclic) bond motifs is 1. The smallest absolute Gasteiger partial charge is 0.204 e. The van der Waals surface area contributed by atoms with Crippen LogP contribution in [0.1, 0.15) is 23.2 Å². The lowest BCUT2D eigenvalue weighted by molar-refractivity contribution is 0.112. The summed E-state index contributed by atoms with van der Waals surface area (Å²) in [6.45, 7) is 0.992. The zero-order valence-corrected chi connectivity index (χ0v) is 10.8. The Hall–Kier alpha value is -2.50. The predicted molar refractivity (Wildman–Crippen MR) is 73.2 cm³/mol. The van der Waals surface area contributed by atoms with Crippen LogP contribution in [0.25, 0.3) is 22.3 Å². The molecule has 4 rings (SSSR count). The molecular weight excluding hydrogens is 254 g/mol. The van der Waals surface area contributed by atoms with Gasteiger partial charge in [0.05, 0.1) is 0 Å². The molecule has 1 aliphatic rings. The van der Waals surface area contributed by atoms with Crippen molar-refractivity contribution in [1.82, 2.24) is 25.2 Å². The summed E-state index contributed by atoms with van der Waals surface area (Å²) in [6, 6.07) is 5.94. The number of H-pyrrole nitrogens is 1. The molecule has 0 spiro atoms. The van der Waals surface area contributed by atoms with Gasteiger partial charge in [-0.15, -0.1) is 10.2 Å². The van der Waals surface area contributed by atoms with E-state index in [2.05, 4.69) is 25.2 Å². The van der Waals surface area contributed by atoms with Crippen LogP contribution < -0.4 is 0 Å². The van der Waals surface area contributed by atoms with Gasteiger partial charge in [0.15, 0.2) is 6.29 Å². The lowest BCUT2D eigenvalue weighted by atomic mass is 10.1. The van der Waals surface area contributed by atoms with E-state index in [1.165, 1.54) is 12.8 Å². The molecule has 2 heterocycles. The molecule has 1 saturated carbocycles. The minimum atomic E-state index is 0.540. The molecule has 0 aliphatic heterocycles. The lowest BCUT2D eigenvalue weighted by Gasteiger charge is -2.03. The van der Waals surface area contributed by atoms with Gasteiger partial charge in [-0.05, 0) is 42.2 Å². The van der Waals surface area contributed by atoms with Crippen LogP contribution in [0.15, 0.2) is 24.4 Å². The van der Waals surface area contributed by atoms with Crippen LogP contribution in [-0.2, 0) is 6.54 Å². The van der Waals surface area contributed by atoms with E-state index in [4.69, 9.17) is 0 Å². The van der Waals surface area contributed by atoms with Gasteiger partial charge in [0, 0.05) is 34.8 Å². The molecule has 100 valence electrons. The fraction of sp³-hybridized carbons (Fsp3) is 0.286. The largest absolute Gasteiger partial charge is 0.346 e. The summed E-state index contributed by atoms with van der Waals surface area (Å²) in [7, 11) is 0. The van der Waals surface area contributed by atoms with Gasteiger partial charge >= 0.3 is 0 Å². The maximum absolute atomic E-state index is 11.3. The van der Waals surface area contributed by atoms with E-state index >= 15 is 0 Å². The highest BCUT2D eigenvalue weighted by molar-refractivity contribution is 5.99. The molecule has 20 heavy (non-hydrogen) atoms. The number of rotatable bonds is 4. The maximum atomic E-state index is 11.3. The van der Waals surface area contributed by atoms with Crippen LogP contribution in [0.4, 0.5) is 0 Å². The Bertz CT molecular complexity index is 770. The number of aromatic amines is 1. The Kier molecular flexibility index (Phi) is 2.42. The first-order chi connectivity index (χ1) is 9.85. The van der Waals surface area contributed by atoms with Crippen molar-refractivity contribution in [2.45, 2.75) is 19.4 Å². The second kappa shape index (κ2) is 4.26. The molecule has 1 fully saturated rings. The Morgan fingerprint density at radius 1 is 1.40 bits per heavy atom. The number of benzene rings is 1. The Morgan fingerprint density at radius 2 is 2.30 bits per heavy atom. The van der Waals surface area contributed by atoms with Gasteiger partial charge < -0.3 is 4.57 Å². The van der Waals surface area contributed by atoms with Gasteiger partial charge in [-0.25, -0.2) is 0 Å². The third kappa shape index (κ3) is 1.80. The zero-order valence-electron chi connectivity index (χ0n) is 10.8. The fourth-order valence-corrected chi connectivity index (χ4v) is 2.57. The van der Waals surface area contributed by atoms with E-state index in [1.807, 2.05) is 24.4 Å². The molecule has 1 aromatic carbocycles. The number of nitrogens with one attached hydrogen (secondary N) is 1. The minimum Gasteiger partial charge on any atom is -0.346 e. The molecule has 3 aromatic rings. The number of carbonyl (C=O) groups is 1. The van der Waals surface area contributed by atoms with Crippen LogP contribution >= 0.6 is 0 Å². The van der Waals surface area contributed by atoms with E-state index in [9.17, 15) is 4.79 Å². The number of hydrogen-bond donors (Lipinski definition) is 1. The summed E-state index contributed by atoms with van der Waals surface area (Å²) >= 11 is 0. The van der Waals surface area contributed by atoms with Gasteiger partial charge in [0.1, 0.15) is 0 Å². The molecule has 0 bridgehead atoms. The summed E-state index contributed by atoms with van der Waals surface area (Å²) in [5, 5.41) is 14.9. The highest BCUT2D eigenvalue weighted by atomic mass is 16.1. The fourth-order valence-electron chi connectivity index (χ4n) is 2.57. The van der Waals surface area contributed by atoms with E-state index < -0.39 is 0 Å². The highest BCUT2D eigenvalue weighted by Crippen LogP contribution is 2.33. The number of tetrazole rings is 1. The van der Waals surface area contributed by atoms with E-state index in [0.717, 1.165) is 35.2 Å². The average molecular weight is 267 g/mol. The topological polar surface area (TPSA) is 76.5 Å². The zero-order chi connectivity index (χ0) is 13.5. The summed E-state index contributed by atoms with van der Waals surface area (Å²) in [4.78, 5) is 11.3. The molecule has 0 saturated heterocycles. The molecule has 2 aromatic heterocycles. The summed E-state index contributed by atoms with van der Waals surface area (Å²) in [6.07, 6.45) is 5.43. The van der Waals surface area contributed by atoms with Gasteiger partial charge in [-0.2, -0.15) is 5.21 Å². The van der Waals surface area contributed by atoms with Crippen molar-refractivity contribution in [1.29, 1.82) is 0 Å². The SMILES string of the molecule is O=Cc1cn(CC2CC2)c2ccc(-c3nn[nH]n3)cc12. The third-order valence-corrected chi connectivity index (χ3v) is 3.79. The van der Waals surface area contributed by atoms with Crippen molar-refractivity contribution in [3.8, 4) is 11.4 Å². The van der Waals surface area contributed by atoms with Crippen molar-refractivity contribution < 1.29 is 4.79 Å². The molecule has 0 atom stereocenters. The first-order valence-corrected chi connectivity index (χ1v) is 6.67. The van der Waals surface area contributed by atoms with Crippen LogP contribution in [0.2, 0.25) is 0 Å². The van der Waals surface area contributed by atoms with E-state index in [0.29, 0.717) is 11.4 Å².